The fourth-order valence-corrected chi connectivity index (χ4v) is 1.73. The van der Waals surface area contributed by atoms with Gasteiger partial charge in [0.15, 0.2) is 11.5 Å². The third-order valence-corrected chi connectivity index (χ3v) is 2.65. The number of rotatable bonds is 2. The predicted octanol–water partition coefficient (Wildman–Crippen LogP) is 1.42. The minimum Gasteiger partial charge on any atom is -0.478 e. The number of hydrogen-bond donors (Lipinski definition) is 2. The van der Waals surface area contributed by atoms with E-state index >= 15 is 0 Å². The van der Waals surface area contributed by atoms with Gasteiger partial charge < -0.3 is 10.1 Å². The van der Waals surface area contributed by atoms with Crippen LogP contribution in [0.3, 0.4) is 0 Å². The first-order valence-corrected chi connectivity index (χ1v) is 5.52. The Morgan fingerprint density at radius 3 is 2.79 bits per heavy atom. The molecule has 0 amide bonds. The third kappa shape index (κ3) is 1.90. The van der Waals surface area contributed by atoms with Crippen molar-refractivity contribution >= 4 is 17.1 Å². The zero-order valence-electron chi connectivity index (χ0n) is 9.95. The Hall–Kier alpha value is -2.83. The van der Waals surface area contributed by atoms with Crippen LogP contribution in [0, 0.1) is 6.92 Å². The van der Waals surface area contributed by atoms with Gasteiger partial charge in [0.05, 0.1) is 23.0 Å². The number of aromatic amines is 1. The molecule has 94 valence electrons. The fourth-order valence-electron chi connectivity index (χ4n) is 1.73. The van der Waals surface area contributed by atoms with Crippen LogP contribution in [0.1, 0.15) is 16.1 Å². The van der Waals surface area contributed by atoms with Crippen molar-refractivity contribution in [3.63, 3.8) is 0 Å². The van der Waals surface area contributed by atoms with Crippen molar-refractivity contribution < 1.29 is 9.90 Å². The molecule has 0 aliphatic heterocycles. The quantitative estimate of drug-likeness (QED) is 0.717. The van der Waals surface area contributed by atoms with E-state index in [-0.39, 0.29) is 5.56 Å². The first-order valence-electron chi connectivity index (χ1n) is 5.52. The van der Waals surface area contributed by atoms with Gasteiger partial charge in [-0.05, 0) is 13.0 Å². The lowest BCUT2D eigenvalue weighted by Gasteiger charge is -1.95. The number of aromatic carboxylic acids is 1. The van der Waals surface area contributed by atoms with E-state index < -0.39 is 5.97 Å². The maximum Gasteiger partial charge on any atom is 0.338 e. The standard InChI is InChI=1S/C12H9N5O2/c1-6-4-15-8(5-14-6)10-16-9-7(12(18)19)2-3-13-11(9)17-10/h2-5H,1H3,(H,18,19)(H,13,16,17). The molecule has 0 bridgehead atoms. The number of pyridine rings is 1. The van der Waals surface area contributed by atoms with Gasteiger partial charge in [0.25, 0.3) is 0 Å². The number of aryl methyl sites for hydroxylation is 1. The lowest BCUT2D eigenvalue weighted by atomic mass is 10.2. The van der Waals surface area contributed by atoms with E-state index in [0.29, 0.717) is 22.7 Å². The fraction of sp³-hybridized carbons (Fsp3) is 0.0833. The van der Waals surface area contributed by atoms with Gasteiger partial charge in [0.2, 0.25) is 0 Å². The Labute approximate surface area is 107 Å². The van der Waals surface area contributed by atoms with E-state index in [1.807, 2.05) is 6.92 Å². The molecule has 0 saturated carbocycles. The summed E-state index contributed by atoms with van der Waals surface area (Å²) in [5.41, 5.74) is 2.19. The van der Waals surface area contributed by atoms with Gasteiger partial charge in [0, 0.05) is 12.4 Å². The van der Waals surface area contributed by atoms with E-state index in [9.17, 15) is 4.79 Å². The summed E-state index contributed by atoms with van der Waals surface area (Å²) in [6, 6.07) is 1.42. The van der Waals surface area contributed by atoms with Gasteiger partial charge >= 0.3 is 5.97 Å². The number of hydrogen-bond acceptors (Lipinski definition) is 5. The van der Waals surface area contributed by atoms with Crippen molar-refractivity contribution in [2.45, 2.75) is 6.92 Å². The number of aromatic nitrogens is 5. The molecule has 7 nitrogen and oxygen atoms in total. The van der Waals surface area contributed by atoms with Gasteiger partial charge in [-0.2, -0.15) is 0 Å². The van der Waals surface area contributed by atoms with E-state index in [4.69, 9.17) is 5.11 Å². The molecule has 3 heterocycles. The molecule has 0 radical (unpaired) electrons. The van der Waals surface area contributed by atoms with Crippen molar-refractivity contribution in [2.24, 2.45) is 0 Å². The number of fused-ring (bicyclic) bond motifs is 1. The highest BCUT2D eigenvalue weighted by Gasteiger charge is 2.14. The zero-order valence-corrected chi connectivity index (χ0v) is 9.95. The molecule has 0 fully saturated rings. The number of carboxylic acid groups (broad SMARTS) is 1. The molecule has 0 atom stereocenters. The summed E-state index contributed by atoms with van der Waals surface area (Å²) in [5, 5.41) is 9.10. The monoisotopic (exact) mass is 255 g/mol. The summed E-state index contributed by atoms with van der Waals surface area (Å²) in [7, 11) is 0. The largest absolute Gasteiger partial charge is 0.478 e. The van der Waals surface area contributed by atoms with E-state index in [1.54, 1.807) is 12.4 Å². The number of carbonyl (C=O) groups is 1. The summed E-state index contributed by atoms with van der Waals surface area (Å²) in [4.78, 5) is 30.6. The second kappa shape index (κ2) is 4.13. The minimum atomic E-state index is -1.03. The maximum absolute atomic E-state index is 11.1. The second-order valence-corrected chi connectivity index (χ2v) is 3.99. The average molecular weight is 255 g/mol. The molecule has 2 N–H and O–H groups in total. The van der Waals surface area contributed by atoms with Crippen LogP contribution in [0.25, 0.3) is 22.7 Å². The molecular weight excluding hydrogens is 246 g/mol. The van der Waals surface area contributed by atoms with Crippen LogP contribution >= 0.6 is 0 Å². The summed E-state index contributed by atoms with van der Waals surface area (Å²) in [6.45, 7) is 1.83. The number of nitrogens with zero attached hydrogens (tertiary/aromatic N) is 4. The first kappa shape index (κ1) is 11.3. The Bertz CT molecular complexity index is 763. The zero-order chi connectivity index (χ0) is 13.4. The highest BCUT2D eigenvalue weighted by atomic mass is 16.4. The minimum absolute atomic E-state index is 0.129. The molecule has 0 aliphatic carbocycles. The lowest BCUT2D eigenvalue weighted by Crippen LogP contribution is -1.97. The molecule has 0 aromatic carbocycles. The summed E-state index contributed by atoms with van der Waals surface area (Å²) >= 11 is 0. The van der Waals surface area contributed by atoms with Crippen LogP contribution in [0.15, 0.2) is 24.7 Å². The van der Waals surface area contributed by atoms with Gasteiger partial charge in [0.1, 0.15) is 5.69 Å². The smallest absolute Gasteiger partial charge is 0.338 e. The summed E-state index contributed by atoms with van der Waals surface area (Å²) in [6.07, 6.45) is 4.61. The topological polar surface area (TPSA) is 105 Å². The Kier molecular flexibility index (Phi) is 2.45. The van der Waals surface area contributed by atoms with Crippen LogP contribution in [0.5, 0.6) is 0 Å². The second-order valence-electron chi connectivity index (χ2n) is 3.99. The molecule has 3 aromatic rings. The van der Waals surface area contributed by atoms with Crippen molar-refractivity contribution in [1.82, 2.24) is 24.9 Å². The van der Waals surface area contributed by atoms with Crippen molar-refractivity contribution in [1.29, 1.82) is 0 Å². The van der Waals surface area contributed by atoms with Crippen LogP contribution < -0.4 is 0 Å². The Morgan fingerprint density at radius 2 is 2.11 bits per heavy atom. The van der Waals surface area contributed by atoms with Crippen LogP contribution in [0.4, 0.5) is 0 Å². The average Bonchev–Trinajstić information content (AvgIpc) is 2.82. The number of H-pyrrole nitrogens is 1. The lowest BCUT2D eigenvalue weighted by molar-refractivity contribution is 0.0699. The molecule has 3 aromatic heterocycles. The molecule has 3 rings (SSSR count). The first-order chi connectivity index (χ1) is 9.15. The van der Waals surface area contributed by atoms with Crippen molar-refractivity contribution in [2.75, 3.05) is 0 Å². The Morgan fingerprint density at radius 1 is 1.26 bits per heavy atom. The number of nitrogens with one attached hydrogen (secondary N) is 1. The van der Waals surface area contributed by atoms with Crippen LogP contribution in [0.2, 0.25) is 0 Å². The molecule has 0 aliphatic rings. The molecule has 7 heteroatoms. The highest BCUT2D eigenvalue weighted by Crippen LogP contribution is 2.19. The normalized spacial score (nSPS) is 10.8. The molecule has 0 spiro atoms. The van der Waals surface area contributed by atoms with Crippen molar-refractivity contribution in [3.05, 3.63) is 35.9 Å². The number of imidazole rings is 1. The van der Waals surface area contributed by atoms with Gasteiger partial charge in [-0.15, -0.1) is 0 Å². The predicted molar refractivity (Wildman–Crippen MR) is 66.6 cm³/mol. The third-order valence-electron chi connectivity index (χ3n) is 2.65. The molecule has 0 unspecified atom stereocenters. The highest BCUT2D eigenvalue weighted by molar-refractivity contribution is 6.00. The van der Waals surface area contributed by atoms with Gasteiger partial charge in [-0.25, -0.2) is 19.7 Å². The molecule has 0 saturated heterocycles. The summed E-state index contributed by atoms with van der Waals surface area (Å²) in [5.74, 6) is -0.582. The van der Waals surface area contributed by atoms with E-state index in [1.165, 1.54) is 12.3 Å². The van der Waals surface area contributed by atoms with E-state index in [2.05, 4.69) is 24.9 Å². The molecular formula is C12H9N5O2. The number of carboxylic acids is 1. The van der Waals surface area contributed by atoms with Gasteiger partial charge in [-0.1, -0.05) is 0 Å². The molecule has 19 heavy (non-hydrogen) atoms. The van der Waals surface area contributed by atoms with Crippen LogP contribution in [-0.2, 0) is 0 Å². The maximum atomic E-state index is 11.1. The van der Waals surface area contributed by atoms with Crippen molar-refractivity contribution in [3.8, 4) is 11.5 Å². The summed E-state index contributed by atoms with van der Waals surface area (Å²) < 4.78 is 0. The SMILES string of the molecule is Cc1cnc(-c2nc3nccc(C(=O)O)c3[nH]2)cn1. The van der Waals surface area contributed by atoms with Gasteiger partial charge in [-0.3, -0.25) is 4.98 Å². The van der Waals surface area contributed by atoms with Crippen LogP contribution in [-0.4, -0.2) is 36.0 Å². The van der Waals surface area contributed by atoms with E-state index in [0.717, 1.165) is 5.69 Å². The Balaban J connectivity index is 2.19.